The van der Waals surface area contributed by atoms with E-state index in [4.69, 9.17) is 4.42 Å². The lowest BCUT2D eigenvalue weighted by Gasteiger charge is -2.04. The molecule has 3 aromatic rings. The van der Waals surface area contributed by atoms with Crippen LogP contribution in [0.5, 0.6) is 0 Å². The smallest absolute Gasteiger partial charge is 0.271 e. The number of hydrazone groups is 1. The normalized spacial score (nSPS) is 10.8. The number of thioether (sulfide) groups is 1. The lowest BCUT2D eigenvalue weighted by molar-refractivity contribution is 0.0955. The van der Waals surface area contributed by atoms with Gasteiger partial charge in [0.05, 0.1) is 12.5 Å². The number of nitrogens with one attached hydrogen (secondary N) is 1. The number of furan rings is 1. The topological polar surface area (TPSA) is 54.6 Å². The Morgan fingerprint density at radius 1 is 1.04 bits per heavy atom. The van der Waals surface area contributed by atoms with Crippen LogP contribution in [0.15, 0.2) is 87.4 Å². The maximum atomic E-state index is 12.0. The second-order valence-electron chi connectivity index (χ2n) is 5.01. The summed E-state index contributed by atoms with van der Waals surface area (Å²) in [6.07, 6.45) is 3.01. The minimum atomic E-state index is -0.250. The number of nitrogens with zero attached hydrogens (tertiary/aromatic N) is 1. The fourth-order valence-corrected chi connectivity index (χ4v) is 2.89. The Balaban J connectivity index is 1.52. The Morgan fingerprint density at radius 3 is 2.54 bits per heavy atom. The third kappa shape index (κ3) is 4.60. The second-order valence-corrected chi connectivity index (χ2v) is 6.06. The first-order chi connectivity index (χ1) is 11.8. The molecule has 1 amide bonds. The molecule has 24 heavy (non-hydrogen) atoms. The Kier molecular flexibility index (Phi) is 5.48. The zero-order valence-electron chi connectivity index (χ0n) is 12.9. The van der Waals surface area contributed by atoms with Crippen LogP contribution in [-0.2, 0) is 5.75 Å². The second kappa shape index (κ2) is 8.17. The van der Waals surface area contributed by atoms with Crippen molar-refractivity contribution >= 4 is 23.9 Å². The summed E-state index contributed by atoms with van der Waals surface area (Å²) in [4.78, 5) is 13.2. The molecule has 1 N–H and O–H groups in total. The number of rotatable bonds is 6. The first-order valence-electron chi connectivity index (χ1n) is 7.45. The largest absolute Gasteiger partial charge is 0.463 e. The van der Waals surface area contributed by atoms with Crippen LogP contribution in [0, 0.1) is 0 Å². The van der Waals surface area contributed by atoms with Gasteiger partial charge in [0.15, 0.2) is 0 Å². The molecule has 1 aromatic heterocycles. The Labute approximate surface area is 144 Å². The van der Waals surface area contributed by atoms with Gasteiger partial charge in [-0.2, -0.15) is 5.10 Å². The van der Waals surface area contributed by atoms with E-state index in [-0.39, 0.29) is 5.91 Å². The molecule has 0 radical (unpaired) electrons. The number of benzene rings is 2. The number of carbonyl (C=O) groups is 1. The molecular weight excluding hydrogens is 320 g/mol. The number of hydrogen-bond donors (Lipinski definition) is 1. The predicted molar refractivity (Wildman–Crippen MR) is 96.2 cm³/mol. The molecule has 0 bridgehead atoms. The van der Waals surface area contributed by atoms with Crippen molar-refractivity contribution in [1.29, 1.82) is 0 Å². The molecule has 5 heteroatoms. The quantitative estimate of drug-likeness (QED) is 0.414. The maximum Gasteiger partial charge on any atom is 0.271 e. The number of amides is 1. The summed E-state index contributed by atoms with van der Waals surface area (Å²) in [7, 11) is 0. The van der Waals surface area contributed by atoms with Gasteiger partial charge in [0, 0.05) is 16.2 Å². The van der Waals surface area contributed by atoms with Crippen molar-refractivity contribution in [3.8, 4) is 0 Å². The molecule has 0 unspecified atom stereocenters. The molecule has 1 heterocycles. The highest BCUT2D eigenvalue weighted by Crippen LogP contribution is 2.22. The summed E-state index contributed by atoms with van der Waals surface area (Å²) < 4.78 is 5.10. The summed E-state index contributed by atoms with van der Waals surface area (Å²) in [5, 5.41) is 3.87. The van der Waals surface area contributed by atoms with E-state index in [1.165, 1.54) is 16.7 Å². The van der Waals surface area contributed by atoms with Crippen molar-refractivity contribution in [3.05, 3.63) is 89.9 Å². The SMILES string of the molecule is O=C(N/N=C\c1ccco1)c1ccc(CSc2ccccc2)cc1. The fraction of sp³-hybridized carbons (Fsp3) is 0.0526. The monoisotopic (exact) mass is 336 g/mol. The van der Waals surface area contributed by atoms with Gasteiger partial charge in [-0.25, -0.2) is 5.43 Å². The first kappa shape index (κ1) is 16.1. The molecule has 3 rings (SSSR count). The molecule has 0 saturated heterocycles. The summed E-state index contributed by atoms with van der Waals surface area (Å²) in [6.45, 7) is 0. The van der Waals surface area contributed by atoms with Crippen LogP contribution in [-0.4, -0.2) is 12.1 Å². The van der Waals surface area contributed by atoms with Gasteiger partial charge < -0.3 is 4.42 Å². The van der Waals surface area contributed by atoms with Gasteiger partial charge in [0.1, 0.15) is 5.76 Å². The standard InChI is InChI=1S/C19H16N2O2S/c22-19(21-20-13-17-5-4-12-23-17)16-10-8-15(9-11-16)14-24-18-6-2-1-3-7-18/h1-13H,14H2,(H,21,22)/b20-13-. The van der Waals surface area contributed by atoms with Crippen molar-refractivity contribution in [3.63, 3.8) is 0 Å². The highest BCUT2D eigenvalue weighted by molar-refractivity contribution is 7.98. The van der Waals surface area contributed by atoms with E-state index in [1.54, 1.807) is 42.3 Å². The van der Waals surface area contributed by atoms with Crippen LogP contribution in [0.2, 0.25) is 0 Å². The molecule has 0 saturated carbocycles. The lowest BCUT2D eigenvalue weighted by Crippen LogP contribution is -2.17. The van der Waals surface area contributed by atoms with Gasteiger partial charge in [0.2, 0.25) is 0 Å². The molecule has 0 aliphatic heterocycles. The van der Waals surface area contributed by atoms with Gasteiger partial charge in [-0.3, -0.25) is 4.79 Å². The molecule has 0 fully saturated rings. The van der Waals surface area contributed by atoms with Crippen molar-refractivity contribution < 1.29 is 9.21 Å². The third-order valence-electron chi connectivity index (χ3n) is 3.27. The molecule has 2 aromatic carbocycles. The van der Waals surface area contributed by atoms with E-state index in [0.717, 1.165) is 5.75 Å². The van der Waals surface area contributed by atoms with Crippen LogP contribution in [0.1, 0.15) is 21.7 Å². The average molecular weight is 336 g/mol. The third-order valence-corrected chi connectivity index (χ3v) is 4.35. The Hall–Kier alpha value is -2.79. The molecule has 120 valence electrons. The predicted octanol–water partition coefficient (Wildman–Crippen LogP) is 4.34. The van der Waals surface area contributed by atoms with E-state index in [0.29, 0.717) is 11.3 Å². The van der Waals surface area contributed by atoms with Crippen molar-refractivity contribution in [2.24, 2.45) is 5.10 Å². The zero-order chi connectivity index (χ0) is 16.6. The van der Waals surface area contributed by atoms with Crippen molar-refractivity contribution in [2.75, 3.05) is 0 Å². The van der Waals surface area contributed by atoms with Crippen LogP contribution < -0.4 is 5.43 Å². The lowest BCUT2D eigenvalue weighted by atomic mass is 10.1. The summed E-state index contributed by atoms with van der Waals surface area (Å²) in [5.74, 6) is 1.20. The van der Waals surface area contributed by atoms with E-state index < -0.39 is 0 Å². The Bertz CT molecular complexity index is 797. The molecule has 0 atom stereocenters. The number of carbonyl (C=O) groups excluding carboxylic acids is 1. The van der Waals surface area contributed by atoms with Gasteiger partial charge in [0.25, 0.3) is 5.91 Å². The summed E-state index contributed by atoms with van der Waals surface area (Å²) in [6, 6.07) is 21.3. The first-order valence-corrected chi connectivity index (χ1v) is 8.43. The highest BCUT2D eigenvalue weighted by atomic mass is 32.2. The summed E-state index contributed by atoms with van der Waals surface area (Å²) >= 11 is 1.77. The van der Waals surface area contributed by atoms with Gasteiger partial charge in [-0.1, -0.05) is 30.3 Å². The van der Waals surface area contributed by atoms with Gasteiger partial charge in [-0.15, -0.1) is 11.8 Å². The minimum absolute atomic E-state index is 0.250. The zero-order valence-corrected chi connectivity index (χ0v) is 13.7. The van der Waals surface area contributed by atoms with Crippen LogP contribution >= 0.6 is 11.8 Å². The highest BCUT2D eigenvalue weighted by Gasteiger charge is 2.04. The molecule has 0 aliphatic carbocycles. The summed E-state index contributed by atoms with van der Waals surface area (Å²) in [5.41, 5.74) is 4.22. The van der Waals surface area contributed by atoms with Crippen molar-refractivity contribution in [2.45, 2.75) is 10.6 Å². The average Bonchev–Trinajstić information content (AvgIpc) is 3.15. The van der Waals surface area contributed by atoms with Crippen LogP contribution in [0.3, 0.4) is 0 Å². The molecule has 4 nitrogen and oxygen atoms in total. The van der Waals surface area contributed by atoms with Crippen LogP contribution in [0.4, 0.5) is 0 Å². The van der Waals surface area contributed by atoms with Gasteiger partial charge in [-0.05, 0) is 42.0 Å². The molecule has 0 spiro atoms. The minimum Gasteiger partial charge on any atom is -0.463 e. The van der Waals surface area contributed by atoms with Crippen LogP contribution in [0.25, 0.3) is 0 Å². The van der Waals surface area contributed by atoms with E-state index in [9.17, 15) is 4.79 Å². The van der Waals surface area contributed by atoms with E-state index in [1.807, 2.05) is 30.3 Å². The molecular formula is C19H16N2O2S. The van der Waals surface area contributed by atoms with E-state index >= 15 is 0 Å². The fourth-order valence-electron chi connectivity index (χ4n) is 2.02. The number of hydrogen-bond acceptors (Lipinski definition) is 4. The Morgan fingerprint density at radius 2 is 1.83 bits per heavy atom. The van der Waals surface area contributed by atoms with Gasteiger partial charge >= 0.3 is 0 Å². The molecule has 0 aliphatic rings. The van der Waals surface area contributed by atoms with Crippen molar-refractivity contribution in [1.82, 2.24) is 5.43 Å². The maximum absolute atomic E-state index is 12.0. The van der Waals surface area contributed by atoms with E-state index in [2.05, 4.69) is 22.7 Å².